The lowest BCUT2D eigenvalue weighted by atomic mass is 10.1. The number of halogens is 1. The molecule has 0 saturated carbocycles. The standard InChI is InChI=1S/C17H18ClNO4/c1-11-13(18)6-4-8-14(11)19-15-7-3-2-5-12(15)17(22)23-10-9-16(20)21/h2-8,16,19-21H,9-10H2,1H3. The van der Waals surface area contributed by atoms with E-state index in [2.05, 4.69) is 5.32 Å². The van der Waals surface area contributed by atoms with Crippen molar-refractivity contribution in [2.45, 2.75) is 19.6 Å². The van der Waals surface area contributed by atoms with Gasteiger partial charge in [-0.3, -0.25) is 0 Å². The van der Waals surface area contributed by atoms with Crippen LogP contribution in [0.25, 0.3) is 0 Å². The van der Waals surface area contributed by atoms with E-state index < -0.39 is 12.3 Å². The summed E-state index contributed by atoms with van der Waals surface area (Å²) in [6, 6.07) is 12.4. The van der Waals surface area contributed by atoms with E-state index in [4.69, 9.17) is 26.6 Å². The van der Waals surface area contributed by atoms with Crippen LogP contribution >= 0.6 is 11.6 Å². The summed E-state index contributed by atoms with van der Waals surface area (Å²) in [6.45, 7) is 1.81. The molecule has 3 N–H and O–H groups in total. The topological polar surface area (TPSA) is 78.8 Å². The summed E-state index contributed by atoms with van der Waals surface area (Å²) in [6.07, 6.45) is -1.53. The molecule has 0 unspecified atom stereocenters. The van der Waals surface area contributed by atoms with E-state index in [1.807, 2.05) is 19.1 Å². The Labute approximate surface area is 139 Å². The second kappa shape index (κ2) is 7.97. The summed E-state index contributed by atoms with van der Waals surface area (Å²) in [5.74, 6) is -0.534. The Balaban J connectivity index is 2.17. The van der Waals surface area contributed by atoms with Gasteiger partial charge in [-0.1, -0.05) is 29.8 Å². The van der Waals surface area contributed by atoms with Crippen LogP contribution in [0.1, 0.15) is 22.3 Å². The fourth-order valence-electron chi connectivity index (χ4n) is 1.99. The highest BCUT2D eigenvalue weighted by atomic mass is 35.5. The average molecular weight is 336 g/mol. The average Bonchev–Trinajstić information content (AvgIpc) is 2.52. The number of aliphatic hydroxyl groups excluding tert-OH is 1. The van der Waals surface area contributed by atoms with Crippen molar-refractivity contribution in [3.8, 4) is 0 Å². The summed E-state index contributed by atoms with van der Waals surface area (Å²) in [5, 5.41) is 21.4. The van der Waals surface area contributed by atoms with Gasteiger partial charge in [-0.2, -0.15) is 0 Å². The molecule has 23 heavy (non-hydrogen) atoms. The molecule has 6 heteroatoms. The molecule has 0 aliphatic carbocycles. The van der Waals surface area contributed by atoms with Gasteiger partial charge in [0.05, 0.1) is 17.9 Å². The molecule has 0 heterocycles. The first-order valence-electron chi connectivity index (χ1n) is 7.13. The largest absolute Gasteiger partial charge is 0.462 e. The van der Waals surface area contributed by atoms with Crippen molar-refractivity contribution in [2.75, 3.05) is 11.9 Å². The molecule has 122 valence electrons. The van der Waals surface area contributed by atoms with Crippen LogP contribution in [0.3, 0.4) is 0 Å². The van der Waals surface area contributed by atoms with E-state index in [0.29, 0.717) is 16.3 Å². The van der Waals surface area contributed by atoms with Gasteiger partial charge in [-0.05, 0) is 36.8 Å². The molecule has 2 rings (SSSR count). The number of aliphatic hydroxyl groups is 2. The number of anilines is 2. The highest BCUT2D eigenvalue weighted by Gasteiger charge is 2.14. The number of carbonyl (C=O) groups is 1. The summed E-state index contributed by atoms with van der Waals surface area (Å²) < 4.78 is 5.05. The lowest BCUT2D eigenvalue weighted by Gasteiger charge is -2.14. The molecule has 0 fully saturated rings. The highest BCUT2D eigenvalue weighted by Crippen LogP contribution is 2.28. The van der Waals surface area contributed by atoms with E-state index >= 15 is 0 Å². The predicted octanol–water partition coefficient (Wildman–Crippen LogP) is 3.25. The monoisotopic (exact) mass is 335 g/mol. The fourth-order valence-corrected chi connectivity index (χ4v) is 2.17. The van der Waals surface area contributed by atoms with E-state index in [0.717, 1.165) is 11.3 Å². The molecule has 0 aromatic heterocycles. The summed E-state index contributed by atoms with van der Waals surface area (Å²) >= 11 is 6.10. The first-order valence-corrected chi connectivity index (χ1v) is 7.51. The number of para-hydroxylation sites is 1. The fraction of sp³-hybridized carbons (Fsp3) is 0.235. The molecule has 0 aliphatic rings. The van der Waals surface area contributed by atoms with Crippen molar-refractivity contribution >= 4 is 28.9 Å². The third kappa shape index (κ3) is 4.69. The Hall–Kier alpha value is -2.08. The zero-order chi connectivity index (χ0) is 16.8. The van der Waals surface area contributed by atoms with Crippen LogP contribution in [0.4, 0.5) is 11.4 Å². The Morgan fingerprint density at radius 3 is 2.61 bits per heavy atom. The van der Waals surface area contributed by atoms with Gasteiger partial charge in [0.15, 0.2) is 6.29 Å². The number of ether oxygens (including phenoxy) is 1. The molecule has 0 atom stereocenters. The van der Waals surface area contributed by atoms with E-state index in [1.54, 1.807) is 30.3 Å². The van der Waals surface area contributed by atoms with Crippen molar-refractivity contribution in [1.29, 1.82) is 0 Å². The van der Waals surface area contributed by atoms with Crippen LogP contribution in [0.5, 0.6) is 0 Å². The van der Waals surface area contributed by atoms with Gasteiger partial charge in [-0.25, -0.2) is 4.79 Å². The van der Waals surface area contributed by atoms with Crippen molar-refractivity contribution in [3.05, 3.63) is 58.6 Å². The van der Waals surface area contributed by atoms with E-state index in [1.165, 1.54) is 0 Å². The number of esters is 1. The normalized spacial score (nSPS) is 10.7. The number of benzene rings is 2. The smallest absolute Gasteiger partial charge is 0.340 e. The minimum absolute atomic E-state index is 0.0330. The summed E-state index contributed by atoms with van der Waals surface area (Å²) in [7, 11) is 0. The predicted molar refractivity (Wildman–Crippen MR) is 89.0 cm³/mol. The number of nitrogens with one attached hydrogen (secondary N) is 1. The van der Waals surface area contributed by atoms with Crippen LogP contribution in [0, 0.1) is 6.92 Å². The van der Waals surface area contributed by atoms with Crippen molar-refractivity contribution < 1.29 is 19.7 Å². The second-order valence-electron chi connectivity index (χ2n) is 4.99. The molecule has 0 saturated heterocycles. The molecule has 0 spiro atoms. The second-order valence-corrected chi connectivity index (χ2v) is 5.40. The van der Waals surface area contributed by atoms with Crippen molar-refractivity contribution in [2.24, 2.45) is 0 Å². The molecular formula is C17H18ClNO4. The first-order chi connectivity index (χ1) is 11.0. The highest BCUT2D eigenvalue weighted by molar-refractivity contribution is 6.31. The minimum atomic E-state index is -1.50. The van der Waals surface area contributed by atoms with E-state index in [9.17, 15) is 4.79 Å². The number of hydrogen-bond acceptors (Lipinski definition) is 5. The van der Waals surface area contributed by atoms with Crippen LogP contribution in [0.15, 0.2) is 42.5 Å². The van der Waals surface area contributed by atoms with Crippen molar-refractivity contribution in [3.63, 3.8) is 0 Å². The number of rotatable bonds is 6. The number of carbonyl (C=O) groups excluding carboxylic acids is 1. The van der Waals surface area contributed by atoms with Crippen molar-refractivity contribution in [1.82, 2.24) is 0 Å². The van der Waals surface area contributed by atoms with Crippen LogP contribution in [-0.2, 0) is 4.74 Å². The van der Waals surface area contributed by atoms with Gasteiger partial charge in [0.2, 0.25) is 0 Å². The Morgan fingerprint density at radius 2 is 1.87 bits per heavy atom. The molecule has 2 aromatic rings. The Bertz CT molecular complexity index is 688. The zero-order valence-corrected chi connectivity index (χ0v) is 13.4. The molecule has 0 amide bonds. The third-order valence-corrected chi connectivity index (χ3v) is 3.70. The minimum Gasteiger partial charge on any atom is -0.462 e. The number of hydrogen-bond donors (Lipinski definition) is 3. The van der Waals surface area contributed by atoms with Gasteiger partial charge in [0.25, 0.3) is 0 Å². The van der Waals surface area contributed by atoms with Crippen LogP contribution in [0.2, 0.25) is 5.02 Å². The third-order valence-electron chi connectivity index (χ3n) is 3.29. The molecule has 0 bridgehead atoms. The maximum Gasteiger partial charge on any atom is 0.340 e. The van der Waals surface area contributed by atoms with E-state index in [-0.39, 0.29) is 13.0 Å². The quantitative estimate of drug-likeness (QED) is 0.558. The van der Waals surface area contributed by atoms with Crippen LogP contribution < -0.4 is 5.32 Å². The van der Waals surface area contributed by atoms with Gasteiger partial charge in [0.1, 0.15) is 0 Å². The summed E-state index contributed by atoms with van der Waals surface area (Å²) in [4.78, 5) is 12.1. The molecule has 0 aliphatic heterocycles. The van der Waals surface area contributed by atoms with Gasteiger partial charge in [0, 0.05) is 17.1 Å². The molecular weight excluding hydrogens is 318 g/mol. The molecule has 5 nitrogen and oxygen atoms in total. The van der Waals surface area contributed by atoms with Gasteiger partial charge < -0.3 is 20.3 Å². The molecule has 2 aromatic carbocycles. The first kappa shape index (κ1) is 17.3. The SMILES string of the molecule is Cc1c(Cl)cccc1Nc1ccccc1C(=O)OCCC(O)O. The zero-order valence-electron chi connectivity index (χ0n) is 12.6. The van der Waals surface area contributed by atoms with Crippen LogP contribution in [-0.4, -0.2) is 29.1 Å². The summed E-state index contributed by atoms with van der Waals surface area (Å²) in [5.41, 5.74) is 2.62. The molecule has 0 radical (unpaired) electrons. The van der Waals surface area contributed by atoms with Gasteiger partial charge in [-0.15, -0.1) is 0 Å². The maximum atomic E-state index is 12.1. The Kier molecular flexibility index (Phi) is 5.98. The van der Waals surface area contributed by atoms with Gasteiger partial charge >= 0.3 is 5.97 Å². The Morgan fingerprint density at radius 1 is 1.17 bits per heavy atom. The maximum absolute atomic E-state index is 12.1. The lowest BCUT2D eigenvalue weighted by molar-refractivity contribution is -0.0562. The lowest BCUT2D eigenvalue weighted by Crippen LogP contribution is -2.13.